The minimum Gasteiger partial charge on any atom is -0.465 e. The van der Waals surface area contributed by atoms with E-state index in [1.165, 1.54) is 12.1 Å². The number of amides is 1. The Morgan fingerprint density at radius 3 is 2.54 bits per heavy atom. The number of nitro benzene ring substituents is 1. The summed E-state index contributed by atoms with van der Waals surface area (Å²) < 4.78 is 41.3. The summed E-state index contributed by atoms with van der Waals surface area (Å²) in [5.74, 6) is -0.802. The molecule has 1 amide bonds. The lowest BCUT2D eigenvalue weighted by molar-refractivity contribution is -0.387. The molecule has 26 heavy (non-hydrogen) atoms. The number of carboxylic acid groups (broad SMARTS) is 1. The van der Waals surface area contributed by atoms with Crippen LogP contribution < -0.4 is 0 Å². The minimum absolute atomic E-state index is 0.105. The van der Waals surface area contributed by atoms with Crippen LogP contribution in [0.15, 0.2) is 29.2 Å². The van der Waals surface area contributed by atoms with Gasteiger partial charge in [0.25, 0.3) is 5.69 Å². The van der Waals surface area contributed by atoms with Crippen LogP contribution in [0.5, 0.6) is 0 Å². The standard InChI is InChI=1S/C15H18FN3O6S/c16-12-9-17(15(20)21)7-10(12)8-18(11-5-6-11)26(24,25)14-4-2-1-3-13(14)19(22)23/h1-4,10-12H,5-9H2,(H,20,21)/t10-,12-/m1/s1. The molecule has 0 unspecified atom stereocenters. The quantitative estimate of drug-likeness (QED) is 0.586. The minimum atomic E-state index is -4.20. The Balaban J connectivity index is 1.89. The van der Waals surface area contributed by atoms with Crippen LogP contribution in [0.1, 0.15) is 12.8 Å². The van der Waals surface area contributed by atoms with E-state index in [-0.39, 0.29) is 25.7 Å². The molecule has 0 bridgehead atoms. The van der Waals surface area contributed by atoms with Crippen LogP contribution in [-0.2, 0) is 10.0 Å². The van der Waals surface area contributed by atoms with Crippen molar-refractivity contribution < 1.29 is 27.6 Å². The summed E-state index contributed by atoms with van der Waals surface area (Å²) in [5, 5.41) is 20.2. The molecule has 9 nitrogen and oxygen atoms in total. The van der Waals surface area contributed by atoms with Crippen LogP contribution in [0.25, 0.3) is 0 Å². The van der Waals surface area contributed by atoms with E-state index in [9.17, 15) is 27.7 Å². The zero-order valence-corrected chi connectivity index (χ0v) is 14.5. The number of nitro groups is 1. The molecule has 11 heteroatoms. The van der Waals surface area contributed by atoms with Gasteiger partial charge in [0.05, 0.1) is 11.5 Å². The molecule has 0 aromatic heterocycles. The second kappa shape index (κ2) is 6.80. The summed E-state index contributed by atoms with van der Waals surface area (Å²) in [7, 11) is -4.20. The van der Waals surface area contributed by atoms with Gasteiger partial charge in [-0.1, -0.05) is 12.1 Å². The van der Waals surface area contributed by atoms with Gasteiger partial charge < -0.3 is 10.0 Å². The third-order valence-corrected chi connectivity index (χ3v) is 6.61. The Hall–Kier alpha value is -2.27. The summed E-state index contributed by atoms with van der Waals surface area (Å²) >= 11 is 0. The van der Waals surface area contributed by atoms with Crippen LogP contribution >= 0.6 is 0 Å². The van der Waals surface area contributed by atoms with Crippen molar-refractivity contribution in [3.63, 3.8) is 0 Å². The van der Waals surface area contributed by atoms with Crippen molar-refractivity contribution in [3.8, 4) is 0 Å². The van der Waals surface area contributed by atoms with Gasteiger partial charge in [-0.15, -0.1) is 0 Å². The van der Waals surface area contributed by atoms with E-state index >= 15 is 0 Å². The zero-order chi connectivity index (χ0) is 19.1. The van der Waals surface area contributed by atoms with Gasteiger partial charge in [0.15, 0.2) is 4.90 Å². The highest BCUT2D eigenvalue weighted by Crippen LogP contribution is 2.36. The Kier molecular flexibility index (Phi) is 4.84. The number of halogens is 1. The SMILES string of the molecule is O=C(O)N1C[C@H](CN(C2CC2)S(=O)(=O)c2ccccc2[N+](=O)[O-])[C@H](F)C1. The third-order valence-electron chi connectivity index (χ3n) is 4.65. The predicted molar refractivity (Wildman–Crippen MR) is 88.0 cm³/mol. The van der Waals surface area contributed by atoms with Crippen LogP contribution in [0.2, 0.25) is 0 Å². The second-order valence-corrected chi connectivity index (χ2v) is 8.35. The highest BCUT2D eigenvalue weighted by atomic mass is 32.2. The van der Waals surface area contributed by atoms with Crippen molar-refractivity contribution in [2.75, 3.05) is 19.6 Å². The van der Waals surface area contributed by atoms with E-state index in [1.54, 1.807) is 0 Å². The van der Waals surface area contributed by atoms with Gasteiger partial charge >= 0.3 is 6.09 Å². The van der Waals surface area contributed by atoms with Gasteiger partial charge in [0.1, 0.15) is 6.17 Å². The van der Waals surface area contributed by atoms with Gasteiger partial charge in [-0.05, 0) is 18.9 Å². The molecule has 2 atom stereocenters. The van der Waals surface area contributed by atoms with E-state index in [0.29, 0.717) is 12.8 Å². The Bertz CT molecular complexity index is 828. The van der Waals surface area contributed by atoms with Crippen molar-refractivity contribution in [1.82, 2.24) is 9.21 Å². The molecule has 1 heterocycles. The summed E-state index contributed by atoms with van der Waals surface area (Å²) in [6.45, 7) is -0.611. The van der Waals surface area contributed by atoms with Gasteiger partial charge in [-0.25, -0.2) is 17.6 Å². The molecule has 2 fully saturated rings. The highest BCUT2D eigenvalue weighted by Gasteiger charge is 2.45. The number of hydrogen-bond acceptors (Lipinski definition) is 5. The fourth-order valence-electron chi connectivity index (χ4n) is 3.15. The number of nitrogens with zero attached hydrogens (tertiary/aromatic N) is 3. The largest absolute Gasteiger partial charge is 0.465 e. The number of likely N-dealkylation sites (tertiary alicyclic amines) is 1. The van der Waals surface area contributed by atoms with E-state index in [4.69, 9.17) is 5.11 Å². The molecule has 3 rings (SSSR count). The van der Waals surface area contributed by atoms with E-state index < -0.39 is 43.7 Å². The number of sulfonamides is 1. The zero-order valence-electron chi connectivity index (χ0n) is 13.7. The van der Waals surface area contributed by atoms with Crippen LogP contribution in [0.3, 0.4) is 0 Å². The maximum absolute atomic E-state index is 14.2. The van der Waals surface area contributed by atoms with Crippen LogP contribution in [0.4, 0.5) is 14.9 Å². The van der Waals surface area contributed by atoms with Crippen LogP contribution in [0, 0.1) is 16.0 Å². The smallest absolute Gasteiger partial charge is 0.407 e. The summed E-state index contributed by atoms with van der Waals surface area (Å²) in [5.41, 5.74) is -0.534. The van der Waals surface area contributed by atoms with E-state index in [1.807, 2.05) is 0 Å². The normalized spacial score (nSPS) is 23.4. The molecule has 2 aliphatic rings. The van der Waals surface area contributed by atoms with Crippen LogP contribution in [-0.4, -0.2) is 65.6 Å². The molecule has 142 valence electrons. The predicted octanol–water partition coefficient (Wildman–Crippen LogP) is 1.70. The fourth-order valence-corrected chi connectivity index (χ4v) is 5.05. The molecule has 0 radical (unpaired) electrons. The average molecular weight is 387 g/mol. The molecule has 0 spiro atoms. The first-order chi connectivity index (χ1) is 12.2. The number of alkyl halides is 1. The fraction of sp³-hybridized carbons (Fsp3) is 0.533. The van der Waals surface area contributed by atoms with Gasteiger partial charge in [-0.2, -0.15) is 4.31 Å². The number of benzene rings is 1. The molecule has 1 N–H and O–H groups in total. The molecule has 1 aliphatic carbocycles. The number of carbonyl (C=O) groups is 1. The van der Waals surface area contributed by atoms with Gasteiger partial charge in [0, 0.05) is 31.1 Å². The topological polar surface area (TPSA) is 121 Å². The number of para-hydroxylation sites is 1. The van der Waals surface area contributed by atoms with Gasteiger partial charge in [0.2, 0.25) is 10.0 Å². The highest BCUT2D eigenvalue weighted by molar-refractivity contribution is 7.89. The summed E-state index contributed by atoms with van der Waals surface area (Å²) in [6, 6.07) is 4.69. The molecule has 1 aromatic rings. The molecular formula is C15H18FN3O6S. The van der Waals surface area contributed by atoms with Crippen molar-refractivity contribution in [2.24, 2.45) is 5.92 Å². The molecular weight excluding hydrogens is 369 g/mol. The lowest BCUT2D eigenvalue weighted by Crippen LogP contribution is -2.40. The Morgan fingerprint density at radius 1 is 1.35 bits per heavy atom. The van der Waals surface area contributed by atoms with Gasteiger partial charge in [-0.3, -0.25) is 10.1 Å². The molecule has 1 aliphatic heterocycles. The maximum Gasteiger partial charge on any atom is 0.407 e. The third kappa shape index (κ3) is 3.49. The van der Waals surface area contributed by atoms with Crippen molar-refractivity contribution in [1.29, 1.82) is 0 Å². The molecule has 1 saturated carbocycles. The molecule has 1 aromatic carbocycles. The second-order valence-electron chi connectivity index (χ2n) is 6.49. The first kappa shape index (κ1) is 18.5. The Labute approximate surface area is 149 Å². The van der Waals surface area contributed by atoms with Crippen molar-refractivity contribution in [3.05, 3.63) is 34.4 Å². The first-order valence-electron chi connectivity index (χ1n) is 8.09. The van der Waals surface area contributed by atoms with E-state index in [0.717, 1.165) is 21.3 Å². The first-order valence-corrected chi connectivity index (χ1v) is 9.53. The Morgan fingerprint density at radius 2 is 2.00 bits per heavy atom. The maximum atomic E-state index is 14.2. The average Bonchev–Trinajstić information content (AvgIpc) is 3.35. The van der Waals surface area contributed by atoms with Crippen molar-refractivity contribution >= 4 is 21.8 Å². The summed E-state index contributed by atoms with van der Waals surface area (Å²) in [6.07, 6.45) is -1.55. The lowest BCUT2D eigenvalue weighted by atomic mass is 10.1. The summed E-state index contributed by atoms with van der Waals surface area (Å²) in [4.78, 5) is 21.9. The number of hydrogen-bond donors (Lipinski definition) is 1. The van der Waals surface area contributed by atoms with Crippen molar-refractivity contribution in [2.45, 2.75) is 30.0 Å². The van der Waals surface area contributed by atoms with E-state index in [2.05, 4.69) is 0 Å². The monoisotopic (exact) mass is 387 g/mol. The lowest BCUT2D eigenvalue weighted by Gasteiger charge is -2.25. The molecule has 1 saturated heterocycles. The number of rotatable bonds is 6.